The summed E-state index contributed by atoms with van der Waals surface area (Å²) in [5.41, 5.74) is 0. The maximum atomic E-state index is 5.58. The van der Waals surface area contributed by atoms with Crippen molar-refractivity contribution in [2.75, 3.05) is 43.1 Å². The first-order chi connectivity index (χ1) is 9.79. The molecule has 0 saturated carbocycles. The summed E-state index contributed by atoms with van der Waals surface area (Å²) >= 11 is 3.94. The second-order valence-electron chi connectivity index (χ2n) is 5.37. The van der Waals surface area contributed by atoms with Crippen LogP contribution in [0.5, 0.6) is 0 Å². The van der Waals surface area contributed by atoms with Crippen molar-refractivity contribution in [2.24, 2.45) is 0 Å². The van der Waals surface area contributed by atoms with Crippen LogP contribution < -0.4 is 5.32 Å². The van der Waals surface area contributed by atoms with Crippen LogP contribution in [0, 0.1) is 0 Å². The van der Waals surface area contributed by atoms with E-state index in [1.54, 1.807) is 0 Å². The summed E-state index contributed by atoms with van der Waals surface area (Å²) in [5, 5.41) is 7.78. The van der Waals surface area contributed by atoms with Crippen LogP contribution in [0.3, 0.4) is 0 Å². The average molecular weight is 314 g/mol. The first-order valence-electron chi connectivity index (χ1n) is 7.22. The third-order valence-electron chi connectivity index (χ3n) is 4.02. The summed E-state index contributed by atoms with van der Waals surface area (Å²) in [6.45, 7) is 4.23. The van der Waals surface area contributed by atoms with Gasteiger partial charge in [-0.1, -0.05) is 12.1 Å². The molecule has 3 atom stereocenters. The minimum Gasteiger partial charge on any atom is -0.339 e. The molecule has 0 aromatic carbocycles. The van der Waals surface area contributed by atoms with Crippen LogP contribution in [0.25, 0.3) is 0 Å². The minimum absolute atomic E-state index is 0.304. The molecule has 1 aromatic heterocycles. The molecule has 3 rings (SSSR count). The fourth-order valence-corrected chi connectivity index (χ4v) is 5.33. The molecule has 2 aliphatic heterocycles. The van der Waals surface area contributed by atoms with Crippen molar-refractivity contribution in [3.8, 4) is 0 Å². The molecule has 2 saturated heterocycles. The molecular formula is C13H22N4OS2. The minimum atomic E-state index is 0.304. The van der Waals surface area contributed by atoms with Gasteiger partial charge in [0.1, 0.15) is 0 Å². The van der Waals surface area contributed by atoms with Crippen molar-refractivity contribution in [1.29, 1.82) is 0 Å². The lowest BCUT2D eigenvalue weighted by Gasteiger charge is -2.29. The number of nitrogens with zero attached hydrogens (tertiary/aromatic N) is 3. The Hall–Kier alpha value is -0.240. The Bertz CT molecular complexity index is 442. The Balaban J connectivity index is 1.72. The van der Waals surface area contributed by atoms with Crippen molar-refractivity contribution < 1.29 is 4.52 Å². The van der Waals surface area contributed by atoms with Crippen LogP contribution in [0.2, 0.25) is 0 Å². The van der Waals surface area contributed by atoms with Gasteiger partial charge in [-0.25, -0.2) is 0 Å². The summed E-state index contributed by atoms with van der Waals surface area (Å²) in [6, 6.07) is 0.773. The van der Waals surface area contributed by atoms with Crippen LogP contribution in [-0.4, -0.2) is 64.2 Å². The zero-order chi connectivity index (χ0) is 13.9. The van der Waals surface area contributed by atoms with Gasteiger partial charge in [-0.05, 0) is 13.6 Å². The van der Waals surface area contributed by atoms with Crippen LogP contribution in [0.15, 0.2) is 4.52 Å². The molecule has 1 aromatic rings. The van der Waals surface area contributed by atoms with Crippen LogP contribution in [-0.2, 0) is 0 Å². The summed E-state index contributed by atoms with van der Waals surface area (Å²) in [6.07, 6.45) is 0. The van der Waals surface area contributed by atoms with Crippen LogP contribution in [0.1, 0.15) is 30.6 Å². The fraction of sp³-hybridized carbons (Fsp3) is 0.846. The van der Waals surface area contributed by atoms with Crippen molar-refractivity contribution in [3.05, 3.63) is 11.7 Å². The lowest BCUT2D eigenvalue weighted by molar-refractivity contribution is 0.255. The van der Waals surface area contributed by atoms with Gasteiger partial charge in [0, 0.05) is 35.6 Å². The van der Waals surface area contributed by atoms with E-state index in [1.165, 1.54) is 5.75 Å². The van der Waals surface area contributed by atoms with Gasteiger partial charge in [0.15, 0.2) is 5.82 Å². The van der Waals surface area contributed by atoms with E-state index < -0.39 is 0 Å². The van der Waals surface area contributed by atoms with Crippen molar-refractivity contribution in [2.45, 2.75) is 24.9 Å². The van der Waals surface area contributed by atoms with Gasteiger partial charge in [-0.15, -0.1) is 0 Å². The molecule has 0 spiro atoms. The Labute approximate surface area is 128 Å². The summed E-state index contributed by atoms with van der Waals surface area (Å²) in [5.74, 6) is 6.51. The van der Waals surface area contributed by atoms with E-state index in [2.05, 4.69) is 29.3 Å². The molecule has 20 heavy (non-hydrogen) atoms. The van der Waals surface area contributed by atoms with E-state index in [1.807, 2.05) is 23.5 Å². The predicted octanol–water partition coefficient (Wildman–Crippen LogP) is 1.60. The number of aromatic nitrogens is 2. The third kappa shape index (κ3) is 3.00. The van der Waals surface area contributed by atoms with E-state index in [-0.39, 0.29) is 0 Å². The summed E-state index contributed by atoms with van der Waals surface area (Å²) < 4.78 is 5.58. The van der Waals surface area contributed by atoms with Gasteiger partial charge >= 0.3 is 0 Å². The SMILES string of the molecule is CCNC1CSCC1c1nc(C2CSCCN2C)no1. The van der Waals surface area contributed by atoms with E-state index in [0.29, 0.717) is 18.0 Å². The van der Waals surface area contributed by atoms with E-state index >= 15 is 0 Å². The second kappa shape index (κ2) is 6.68. The Morgan fingerprint density at radius 3 is 3.05 bits per heavy atom. The molecule has 3 unspecified atom stereocenters. The van der Waals surface area contributed by atoms with Gasteiger partial charge in [-0.3, -0.25) is 4.90 Å². The predicted molar refractivity (Wildman–Crippen MR) is 84.5 cm³/mol. The molecule has 1 N–H and O–H groups in total. The number of rotatable bonds is 4. The molecule has 0 amide bonds. The number of hydrogen-bond donors (Lipinski definition) is 1. The molecule has 2 aliphatic rings. The lowest BCUT2D eigenvalue weighted by Crippen LogP contribution is -2.34. The highest BCUT2D eigenvalue weighted by molar-refractivity contribution is 7.99. The summed E-state index contributed by atoms with van der Waals surface area (Å²) in [7, 11) is 2.15. The molecule has 2 fully saturated rings. The number of hydrogen-bond acceptors (Lipinski definition) is 7. The quantitative estimate of drug-likeness (QED) is 0.906. The fourth-order valence-electron chi connectivity index (χ4n) is 2.75. The zero-order valence-corrected chi connectivity index (χ0v) is 13.7. The van der Waals surface area contributed by atoms with Crippen molar-refractivity contribution in [3.63, 3.8) is 0 Å². The molecule has 0 aliphatic carbocycles. The van der Waals surface area contributed by atoms with E-state index in [9.17, 15) is 0 Å². The average Bonchev–Trinajstić information content (AvgIpc) is 3.08. The Kier molecular flexibility index (Phi) is 4.91. The molecule has 112 valence electrons. The van der Waals surface area contributed by atoms with Crippen LogP contribution >= 0.6 is 23.5 Å². The van der Waals surface area contributed by atoms with Gasteiger partial charge in [0.25, 0.3) is 0 Å². The van der Waals surface area contributed by atoms with Crippen molar-refractivity contribution >= 4 is 23.5 Å². The monoisotopic (exact) mass is 314 g/mol. The Morgan fingerprint density at radius 1 is 1.35 bits per heavy atom. The highest BCUT2D eigenvalue weighted by atomic mass is 32.2. The highest BCUT2D eigenvalue weighted by Crippen LogP contribution is 2.33. The number of nitrogens with one attached hydrogen (secondary N) is 1. The normalized spacial score (nSPS) is 31.8. The highest BCUT2D eigenvalue weighted by Gasteiger charge is 2.34. The molecule has 3 heterocycles. The van der Waals surface area contributed by atoms with E-state index in [4.69, 9.17) is 9.51 Å². The van der Waals surface area contributed by atoms with Gasteiger partial charge < -0.3 is 9.84 Å². The molecule has 7 heteroatoms. The molecule has 0 radical (unpaired) electrons. The number of likely N-dealkylation sites (N-methyl/N-ethyl adjacent to an activating group) is 1. The maximum Gasteiger partial charge on any atom is 0.232 e. The lowest BCUT2D eigenvalue weighted by atomic mass is 10.0. The second-order valence-corrected chi connectivity index (χ2v) is 7.60. The molecule has 0 bridgehead atoms. The molecule has 5 nitrogen and oxygen atoms in total. The van der Waals surface area contributed by atoms with Crippen LogP contribution in [0.4, 0.5) is 0 Å². The Morgan fingerprint density at radius 2 is 2.25 bits per heavy atom. The van der Waals surface area contributed by atoms with Gasteiger partial charge in [-0.2, -0.15) is 28.5 Å². The first kappa shape index (κ1) is 14.7. The largest absolute Gasteiger partial charge is 0.339 e. The van der Waals surface area contributed by atoms with Crippen molar-refractivity contribution in [1.82, 2.24) is 20.4 Å². The number of thioether (sulfide) groups is 2. The molecular weight excluding hydrogens is 292 g/mol. The van der Waals surface area contributed by atoms with E-state index in [0.717, 1.165) is 42.1 Å². The van der Waals surface area contributed by atoms with Gasteiger partial charge in [0.2, 0.25) is 5.89 Å². The third-order valence-corrected chi connectivity index (χ3v) is 6.23. The smallest absolute Gasteiger partial charge is 0.232 e. The standard InChI is InChI=1S/C13H22N4OS2/c1-3-14-10-7-20-6-9(10)13-15-12(16-18-13)11-8-19-5-4-17(11)2/h9-11,14H,3-8H2,1-2H3. The first-order valence-corrected chi connectivity index (χ1v) is 9.53. The van der Waals surface area contributed by atoms with Gasteiger partial charge in [0.05, 0.1) is 12.0 Å². The maximum absolute atomic E-state index is 5.58. The summed E-state index contributed by atoms with van der Waals surface area (Å²) in [4.78, 5) is 7.04. The topological polar surface area (TPSA) is 54.2 Å². The zero-order valence-electron chi connectivity index (χ0n) is 12.0.